The van der Waals surface area contributed by atoms with Gasteiger partial charge in [0, 0.05) is 18.8 Å². The first kappa shape index (κ1) is 14.0. The van der Waals surface area contributed by atoms with E-state index in [1.807, 2.05) is 0 Å². The normalized spacial score (nSPS) is 31.2. The summed E-state index contributed by atoms with van der Waals surface area (Å²) in [6.07, 6.45) is 0.0538. The van der Waals surface area contributed by atoms with Crippen LogP contribution in [0, 0.1) is 23.7 Å². The number of allylic oxidation sites excluding steroid dienone is 1. The molecule has 108 valence electrons. The summed E-state index contributed by atoms with van der Waals surface area (Å²) in [6, 6.07) is 0. The van der Waals surface area contributed by atoms with Gasteiger partial charge >= 0.3 is 23.9 Å². The Morgan fingerprint density at radius 2 is 1.50 bits per heavy atom. The van der Waals surface area contributed by atoms with Crippen molar-refractivity contribution in [3.05, 3.63) is 11.3 Å². The Morgan fingerprint density at radius 3 is 1.90 bits per heavy atom. The minimum absolute atomic E-state index is 0.0538. The lowest BCUT2D eigenvalue weighted by Crippen LogP contribution is -2.38. The summed E-state index contributed by atoms with van der Waals surface area (Å²) in [4.78, 5) is 44.7. The van der Waals surface area contributed by atoms with Crippen molar-refractivity contribution >= 4 is 23.9 Å². The first-order valence-corrected chi connectivity index (χ1v) is 5.87. The maximum absolute atomic E-state index is 11.2. The molecule has 0 amide bonds. The van der Waals surface area contributed by atoms with Crippen LogP contribution in [0.15, 0.2) is 11.3 Å². The fourth-order valence-corrected chi connectivity index (χ4v) is 3.22. The standard InChI is InChI=1S/C12H12O8/c1-3(13)20-9-5-2-4(8(9)12(18)19)6(10(14)15)7(5)11(16)17/h4-7H,2H2,1H3,(H,14,15)(H,16,17)(H,18,19). The van der Waals surface area contributed by atoms with E-state index in [2.05, 4.69) is 0 Å². The minimum atomic E-state index is -1.39. The van der Waals surface area contributed by atoms with Gasteiger partial charge in [-0.15, -0.1) is 0 Å². The number of carboxylic acid groups (broad SMARTS) is 3. The molecule has 0 radical (unpaired) electrons. The second kappa shape index (κ2) is 4.62. The number of carbonyl (C=O) groups is 4. The van der Waals surface area contributed by atoms with E-state index in [0.717, 1.165) is 6.92 Å². The summed E-state index contributed by atoms with van der Waals surface area (Å²) in [6.45, 7) is 1.07. The molecular formula is C12H12O8. The van der Waals surface area contributed by atoms with Crippen LogP contribution >= 0.6 is 0 Å². The van der Waals surface area contributed by atoms with Crippen molar-refractivity contribution < 1.29 is 39.2 Å². The van der Waals surface area contributed by atoms with Gasteiger partial charge in [0.25, 0.3) is 0 Å². The van der Waals surface area contributed by atoms with Gasteiger partial charge < -0.3 is 20.1 Å². The number of hydrogen-bond acceptors (Lipinski definition) is 5. The van der Waals surface area contributed by atoms with E-state index in [4.69, 9.17) is 20.1 Å². The van der Waals surface area contributed by atoms with Crippen LogP contribution < -0.4 is 0 Å². The van der Waals surface area contributed by atoms with Crippen LogP contribution in [0.4, 0.5) is 0 Å². The molecule has 3 N–H and O–H groups in total. The lowest BCUT2D eigenvalue weighted by atomic mass is 9.78. The molecule has 1 fully saturated rings. The highest BCUT2D eigenvalue weighted by molar-refractivity contribution is 5.93. The van der Waals surface area contributed by atoms with Crippen molar-refractivity contribution in [3.8, 4) is 0 Å². The Kier molecular flexibility index (Phi) is 3.24. The number of fused-ring (bicyclic) bond motifs is 2. The molecule has 0 saturated heterocycles. The van der Waals surface area contributed by atoms with Crippen LogP contribution in [0.3, 0.4) is 0 Å². The molecule has 0 aliphatic heterocycles. The quantitative estimate of drug-likeness (QED) is 0.610. The number of ether oxygens (including phenoxy) is 1. The fourth-order valence-electron chi connectivity index (χ4n) is 3.22. The highest BCUT2D eigenvalue weighted by Crippen LogP contribution is 2.55. The Labute approximate surface area is 112 Å². The zero-order chi connectivity index (χ0) is 15.2. The third-order valence-electron chi connectivity index (χ3n) is 3.79. The van der Waals surface area contributed by atoms with Gasteiger partial charge in [0.15, 0.2) is 0 Å². The number of esters is 1. The second-order valence-electron chi connectivity index (χ2n) is 4.85. The van der Waals surface area contributed by atoms with Crippen molar-refractivity contribution in [2.24, 2.45) is 23.7 Å². The molecule has 20 heavy (non-hydrogen) atoms. The van der Waals surface area contributed by atoms with Crippen molar-refractivity contribution in [1.82, 2.24) is 0 Å². The van der Waals surface area contributed by atoms with E-state index in [9.17, 15) is 19.2 Å². The van der Waals surface area contributed by atoms with Crippen LogP contribution in [0.1, 0.15) is 13.3 Å². The zero-order valence-corrected chi connectivity index (χ0v) is 10.4. The van der Waals surface area contributed by atoms with E-state index in [1.165, 1.54) is 0 Å². The Hall–Kier alpha value is -2.38. The molecule has 0 spiro atoms. The van der Waals surface area contributed by atoms with E-state index < -0.39 is 47.5 Å². The van der Waals surface area contributed by atoms with E-state index in [-0.39, 0.29) is 17.8 Å². The number of hydrogen-bond donors (Lipinski definition) is 3. The highest BCUT2D eigenvalue weighted by Gasteiger charge is 2.61. The van der Waals surface area contributed by atoms with Gasteiger partial charge in [0.2, 0.25) is 0 Å². The lowest BCUT2D eigenvalue weighted by Gasteiger charge is -2.27. The van der Waals surface area contributed by atoms with Crippen LogP contribution in [-0.2, 0) is 23.9 Å². The van der Waals surface area contributed by atoms with Crippen LogP contribution in [0.25, 0.3) is 0 Å². The van der Waals surface area contributed by atoms with Crippen molar-refractivity contribution in [1.29, 1.82) is 0 Å². The van der Waals surface area contributed by atoms with Crippen LogP contribution in [0.5, 0.6) is 0 Å². The van der Waals surface area contributed by atoms with E-state index in [1.54, 1.807) is 0 Å². The number of carboxylic acids is 3. The molecule has 0 aromatic rings. The van der Waals surface area contributed by atoms with Crippen LogP contribution in [0.2, 0.25) is 0 Å². The van der Waals surface area contributed by atoms with Gasteiger partial charge in [-0.2, -0.15) is 0 Å². The molecule has 2 aliphatic rings. The van der Waals surface area contributed by atoms with Gasteiger partial charge in [-0.05, 0) is 6.42 Å². The highest BCUT2D eigenvalue weighted by atomic mass is 16.5. The Balaban J connectivity index is 2.52. The molecule has 0 aromatic heterocycles. The average Bonchev–Trinajstić information content (AvgIpc) is 2.81. The largest absolute Gasteiger partial charge is 0.481 e. The molecule has 8 heteroatoms. The monoisotopic (exact) mass is 284 g/mol. The number of rotatable bonds is 4. The summed E-state index contributed by atoms with van der Waals surface area (Å²) >= 11 is 0. The van der Waals surface area contributed by atoms with Crippen molar-refractivity contribution in [2.45, 2.75) is 13.3 Å². The summed E-state index contributed by atoms with van der Waals surface area (Å²) in [5.74, 6) is -9.49. The topological polar surface area (TPSA) is 138 Å². The molecule has 2 aliphatic carbocycles. The predicted octanol–water partition coefficient (Wildman–Crippen LogP) is -0.0605. The SMILES string of the molecule is CC(=O)OC1=C(C(=O)O)C2CC1C(C(=O)O)C2C(=O)O. The van der Waals surface area contributed by atoms with Gasteiger partial charge in [-0.3, -0.25) is 14.4 Å². The summed E-state index contributed by atoms with van der Waals surface area (Å²) in [5.41, 5.74) is -0.296. The van der Waals surface area contributed by atoms with Crippen molar-refractivity contribution in [2.75, 3.05) is 0 Å². The minimum Gasteiger partial charge on any atom is -0.481 e. The van der Waals surface area contributed by atoms with E-state index in [0.29, 0.717) is 0 Å². The number of carbonyl (C=O) groups excluding carboxylic acids is 1. The Morgan fingerprint density at radius 1 is 1.00 bits per heavy atom. The number of aliphatic carboxylic acids is 3. The first-order chi connectivity index (χ1) is 9.25. The molecule has 2 bridgehead atoms. The molecule has 2 rings (SSSR count). The predicted molar refractivity (Wildman–Crippen MR) is 60.3 cm³/mol. The van der Waals surface area contributed by atoms with Gasteiger partial charge in [-0.25, -0.2) is 4.79 Å². The molecule has 4 atom stereocenters. The third kappa shape index (κ3) is 1.93. The van der Waals surface area contributed by atoms with Gasteiger partial charge in [0.05, 0.1) is 17.4 Å². The molecule has 1 saturated carbocycles. The van der Waals surface area contributed by atoms with Gasteiger partial charge in [-0.1, -0.05) is 0 Å². The molecule has 4 unspecified atom stereocenters. The summed E-state index contributed by atoms with van der Waals surface area (Å²) < 4.78 is 4.83. The molecule has 0 heterocycles. The second-order valence-corrected chi connectivity index (χ2v) is 4.85. The maximum Gasteiger partial charge on any atom is 0.335 e. The molecular weight excluding hydrogens is 272 g/mol. The Bertz CT molecular complexity index is 546. The average molecular weight is 284 g/mol. The third-order valence-corrected chi connectivity index (χ3v) is 3.79. The summed E-state index contributed by atoms with van der Waals surface area (Å²) in [5, 5.41) is 27.4. The van der Waals surface area contributed by atoms with Crippen LogP contribution in [-0.4, -0.2) is 39.2 Å². The maximum atomic E-state index is 11.2. The smallest absolute Gasteiger partial charge is 0.335 e. The lowest BCUT2D eigenvalue weighted by molar-refractivity contribution is -0.156. The zero-order valence-electron chi connectivity index (χ0n) is 10.4. The molecule has 0 aromatic carbocycles. The first-order valence-electron chi connectivity index (χ1n) is 5.87. The summed E-state index contributed by atoms with van der Waals surface area (Å²) in [7, 11) is 0. The van der Waals surface area contributed by atoms with Crippen molar-refractivity contribution in [3.63, 3.8) is 0 Å². The fraction of sp³-hybridized carbons (Fsp3) is 0.500. The van der Waals surface area contributed by atoms with Gasteiger partial charge in [0.1, 0.15) is 5.76 Å². The van der Waals surface area contributed by atoms with E-state index >= 15 is 0 Å². The molecule has 8 nitrogen and oxygen atoms in total.